The van der Waals surface area contributed by atoms with Gasteiger partial charge in [0.25, 0.3) is 5.56 Å². The molecule has 140 valence electrons. The van der Waals surface area contributed by atoms with Crippen molar-refractivity contribution >= 4 is 5.91 Å². The van der Waals surface area contributed by atoms with E-state index in [1.807, 2.05) is 0 Å². The molecular formula is C17H24F3N3O2. The lowest BCUT2D eigenvalue weighted by molar-refractivity contribution is -0.138. The second kappa shape index (κ2) is 8.51. The van der Waals surface area contributed by atoms with Gasteiger partial charge < -0.3 is 14.8 Å². The topological polar surface area (TPSA) is 54.3 Å². The molecule has 0 spiro atoms. The molecule has 25 heavy (non-hydrogen) atoms. The molecule has 0 unspecified atom stereocenters. The van der Waals surface area contributed by atoms with Gasteiger partial charge in [0.2, 0.25) is 5.91 Å². The van der Waals surface area contributed by atoms with Crippen LogP contribution in [0, 0.1) is 5.92 Å². The molecule has 1 aromatic heterocycles. The fraction of sp³-hybridized carbons (Fsp3) is 0.647. The summed E-state index contributed by atoms with van der Waals surface area (Å²) in [5.41, 5.74) is -1.58. The third kappa shape index (κ3) is 6.19. The van der Waals surface area contributed by atoms with E-state index in [0.717, 1.165) is 48.7 Å². The normalized spacial score (nSPS) is 16.8. The van der Waals surface area contributed by atoms with E-state index in [9.17, 15) is 22.8 Å². The Kier molecular flexibility index (Phi) is 6.64. The monoisotopic (exact) mass is 359 g/mol. The lowest BCUT2D eigenvalue weighted by Crippen LogP contribution is -2.36. The van der Waals surface area contributed by atoms with Crippen LogP contribution in [0.15, 0.2) is 23.1 Å². The summed E-state index contributed by atoms with van der Waals surface area (Å²) in [5, 5.41) is 2.66. The summed E-state index contributed by atoms with van der Waals surface area (Å²) in [6.45, 7) is 5.29. The van der Waals surface area contributed by atoms with Crippen molar-refractivity contribution in [2.75, 3.05) is 26.2 Å². The number of alkyl halides is 3. The van der Waals surface area contributed by atoms with Crippen LogP contribution in [0.1, 0.15) is 31.7 Å². The summed E-state index contributed by atoms with van der Waals surface area (Å²) >= 11 is 0. The largest absolute Gasteiger partial charge is 0.417 e. The Bertz CT molecular complexity index is 635. The number of halogens is 3. The van der Waals surface area contributed by atoms with E-state index in [1.165, 1.54) is 12.8 Å². The van der Waals surface area contributed by atoms with E-state index in [1.54, 1.807) is 0 Å². The van der Waals surface area contributed by atoms with Crippen LogP contribution in [0.5, 0.6) is 0 Å². The maximum absolute atomic E-state index is 12.7. The van der Waals surface area contributed by atoms with E-state index in [0.29, 0.717) is 12.7 Å². The second-order valence-corrected chi connectivity index (χ2v) is 6.61. The van der Waals surface area contributed by atoms with E-state index in [4.69, 9.17) is 0 Å². The molecule has 1 aliphatic rings. The van der Waals surface area contributed by atoms with Gasteiger partial charge >= 0.3 is 6.18 Å². The number of hydrogen-bond acceptors (Lipinski definition) is 3. The van der Waals surface area contributed by atoms with Crippen LogP contribution >= 0.6 is 0 Å². The van der Waals surface area contributed by atoms with Crippen LogP contribution in [-0.2, 0) is 17.5 Å². The lowest BCUT2D eigenvalue weighted by Gasteiger charge is -2.30. The number of likely N-dealkylation sites (tertiary alicyclic amines) is 1. The number of pyridine rings is 1. The first kappa shape index (κ1) is 19.5. The van der Waals surface area contributed by atoms with Crippen LogP contribution in [0.3, 0.4) is 0 Å². The number of aromatic nitrogens is 1. The van der Waals surface area contributed by atoms with Gasteiger partial charge in [0.1, 0.15) is 6.54 Å². The van der Waals surface area contributed by atoms with E-state index in [-0.39, 0.29) is 0 Å². The average Bonchev–Trinajstić information content (AvgIpc) is 2.54. The van der Waals surface area contributed by atoms with Crippen molar-refractivity contribution in [3.05, 3.63) is 34.2 Å². The number of nitrogens with one attached hydrogen (secondary N) is 1. The summed E-state index contributed by atoms with van der Waals surface area (Å²) in [4.78, 5) is 25.8. The maximum Gasteiger partial charge on any atom is 0.417 e. The third-order valence-corrected chi connectivity index (χ3v) is 4.47. The Morgan fingerprint density at radius 3 is 2.60 bits per heavy atom. The number of hydrogen-bond donors (Lipinski definition) is 1. The molecule has 8 heteroatoms. The maximum atomic E-state index is 12.7. The minimum Gasteiger partial charge on any atom is -0.355 e. The number of nitrogens with zero attached hydrogens (tertiary/aromatic N) is 2. The van der Waals surface area contributed by atoms with Gasteiger partial charge in [-0.05, 0) is 50.9 Å². The highest BCUT2D eigenvalue weighted by atomic mass is 19.4. The summed E-state index contributed by atoms with van der Waals surface area (Å²) in [7, 11) is 0. The number of amides is 1. The molecule has 0 radical (unpaired) electrons. The first-order valence-electron chi connectivity index (χ1n) is 8.52. The fourth-order valence-electron chi connectivity index (χ4n) is 2.85. The molecule has 0 bridgehead atoms. The first-order chi connectivity index (χ1) is 11.8. The first-order valence-corrected chi connectivity index (χ1v) is 8.52. The van der Waals surface area contributed by atoms with E-state index < -0.39 is 29.8 Å². The van der Waals surface area contributed by atoms with Crippen molar-refractivity contribution in [2.24, 2.45) is 5.92 Å². The summed E-state index contributed by atoms with van der Waals surface area (Å²) in [6.07, 6.45) is -0.720. The van der Waals surface area contributed by atoms with Crippen LogP contribution in [-0.4, -0.2) is 41.6 Å². The molecule has 2 rings (SSSR count). The van der Waals surface area contributed by atoms with Gasteiger partial charge in [0, 0.05) is 18.8 Å². The summed E-state index contributed by atoms with van der Waals surface area (Å²) in [6, 6.07) is 1.55. The Hall–Kier alpha value is -1.83. The summed E-state index contributed by atoms with van der Waals surface area (Å²) in [5.74, 6) is 0.301. The minimum atomic E-state index is -4.54. The average molecular weight is 359 g/mol. The van der Waals surface area contributed by atoms with Crippen LogP contribution in [0.4, 0.5) is 13.2 Å². The molecule has 0 aromatic carbocycles. The minimum absolute atomic E-state index is 0.413. The molecule has 1 N–H and O–H groups in total. The third-order valence-electron chi connectivity index (χ3n) is 4.47. The van der Waals surface area contributed by atoms with Crippen molar-refractivity contribution in [1.29, 1.82) is 0 Å². The van der Waals surface area contributed by atoms with Gasteiger partial charge in [-0.3, -0.25) is 9.59 Å². The van der Waals surface area contributed by atoms with Gasteiger partial charge in [-0.2, -0.15) is 13.2 Å². The zero-order valence-corrected chi connectivity index (χ0v) is 14.3. The van der Waals surface area contributed by atoms with Crippen molar-refractivity contribution in [2.45, 2.75) is 38.9 Å². The Morgan fingerprint density at radius 1 is 1.28 bits per heavy atom. The van der Waals surface area contributed by atoms with Crippen molar-refractivity contribution in [3.8, 4) is 0 Å². The highest BCUT2D eigenvalue weighted by Gasteiger charge is 2.31. The molecular weight excluding hydrogens is 335 g/mol. The zero-order chi connectivity index (χ0) is 18.4. The quantitative estimate of drug-likeness (QED) is 0.792. The smallest absolute Gasteiger partial charge is 0.355 e. The van der Waals surface area contributed by atoms with Gasteiger partial charge in [-0.15, -0.1) is 0 Å². The highest BCUT2D eigenvalue weighted by Crippen LogP contribution is 2.27. The molecule has 5 nitrogen and oxygen atoms in total. The van der Waals surface area contributed by atoms with Gasteiger partial charge in [-0.1, -0.05) is 6.92 Å². The van der Waals surface area contributed by atoms with Gasteiger partial charge in [-0.25, -0.2) is 0 Å². The molecule has 1 fully saturated rings. The Balaban J connectivity index is 1.76. The van der Waals surface area contributed by atoms with Crippen molar-refractivity contribution < 1.29 is 18.0 Å². The summed E-state index contributed by atoms with van der Waals surface area (Å²) < 4.78 is 38.8. The number of carbonyl (C=O) groups excluding carboxylic acids is 1. The Labute approximate surface area is 144 Å². The SMILES string of the molecule is CC1CCN(CCCNC(=O)Cn2cc(C(F)(F)F)ccc2=O)CC1. The van der Waals surface area contributed by atoms with Crippen molar-refractivity contribution in [3.63, 3.8) is 0 Å². The standard InChI is InChI=1S/C17H24F3N3O2/c1-13-5-9-22(10-6-13)8-2-7-21-15(24)12-23-11-14(17(18,19)20)3-4-16(23)25/h3-4,11,13H,2,5-10,12H2,1H3,(H,21,24). The number of piperidine rings is 1. The van der Waals surface area contributed by atoms with Crippen molar-refractivity contribution in [1.82, 2.24) is 14.8 Å². The molecule has 1 saturated heterocycles. The van der Waals surface area contributed by atoms with E-state index >= 15 is 0 Å². The van der Waals surface area contributed by atoms with Gasteiger partial charge in [0.15, 0.2) is 0 Å². The molecule has 0 atom stereocenters. The molecule has 2 heterocycles. The molecule has 0 saturated carbocycles. The van der Waals surface area contributed by atoms with Crippen LogP contribution < -0.4 is 10.9 Å². The predicted octanol–water partition coefficient (Wildman–Crippen LogP) is 2.11. The van der Waals surface area contributed by atoms with Crippen LogP contribution in [0.25, 0.3) is 0 Å². The number of carbonyl (C=O) groups is 1. The molecule has 1 aliphatic heterocycles. The number of rotatable bonds is 6. The molecule has 0 aliphatic carbocycles. The fourth-order valence-corrected chi connectivity index (χ4v) is 2.85. The molecule has 1 amide bonds. The lowest BCUT2D eigenvalue weighted by atomic mass is 9.99. The van der Waals surface area contributed by atoms with Gasteiger partial charge in [0.05, 0.1) is 5.56 Å². The Morgan fingerprint density at radius 2 is 1.96 bits per heavy atom. The predicted molar refractivity (Wildman–Crippen MR) is 88.2 cm³/mol. The van der Waals surface area contributed by atoms with E-state index in [2.05, 4.69) is 17.1 Å². The van der Waals surface area contributed by atoms with Crippen LogP contribution in [0.2, 0.25) is 0 Å². The highest BCUT2D eigenvalue weighted by molar-refractivity contribution is 5.75. The second-order valence-electron chi connectivity index (χ2n) is 6.61. The zero-order valence-electron chi connectivity index (χ0n) is 14.3. The molecule has 1 aromatic rings.